The van der Waals surface area contributed by atoms with E-state index in [4.69, 9.17) is 10.8 Å². The zero-order valence-corrected chi connectivity index (χ0v) is 10.2. The van der Waals surface area contributed by atoms with Crippen molar-refractivity contribution in [1.29, 1.82) is 0 Å². The van der Waals surface area contributed by atoms with Crippen LogP contribution in [-0.4, -0.2) is 47.5 Å². The lowest BCUT2D eigenvalue weighted by Gasteiger charge is -2.30. The van der Waals surface area contributed by atoms with Gasteiger partial charge >= 0.3 is 12.0 Å². The third-order valence-corrected chi connectivity index (χ3v) is 2.97. The molecule has 1 atom stereocenters. The number of rotatable bonds is 5. The van der Waals surface area contributed by atoms with Crippen molar-refractivity contribution < 1.29 is 19.5 Å². The first-order valence-electron chi connectivity index (χ1n) is 6.04. The van der Waals surface area contributed by atoms with Crippen LogP contribution in [-0.2, 0) is 9.59 Å². The van der Waals surface area contributed by atoms with Gasteiger partial charge in [-0.15, -0.1) is 0 Å². The number of primary amides is 1. The van der Waals surface area contributed by atoms with Crippen LogP contribution in [0, 0.1) is 5.92 Å². The first-order chi connectivity index (χ1) is 8.50. The van der Waals surface area contributed by atoms with Gasteiger partial charge in [-0.1, -0.05) is 0 Å². The second-order valence-corrected chi connectivity index (χ2v) is 4.41. The molecule has 1 aliphatic rings. The lowest BCUT2D eigenvalue weighted by Crippen LogP contribution is -2.47. The van der Waals surface area contributed by atoms with E-state index in [0.29, 0.717) is 26.1 Å². The molecule has 0 aromatic carbocycles. The Kier molecular flexibility index (Phi) is 5.41. The molecule has 1 fully saturated rings. The predicted molar refractivity (Wildman–Crippen MR) is 63.8 cm³/mol. The van der Waals surface area contributed by atoms with Crippen LogP contribution in [0.25, 0.3) is 0 Å². The Bertz CT molecular complexity index is 332. The van der Waals surface area contributed by atoms with Crippen LogP contribution in [0.3, 0.4) is 0 Å². The second kappa shape index (κ2) is 6.83. The third kappa shape index (κ3) is 4.60. The summed E-state index contributed by atoms with van der Waals surface area (Å²) < 4.78 is 0. The number of carbonyl (C=O) groups is 3. The topological polar surface area (TPSA) is 113 Å². The number of urea groups is 1. The summed E-state index contributed by atoms with van der Waals surface area (Å²) in [6, 6.07) is -0.502. The Morgan fingerprint density at radius 3 is 2.72 bits per heavy atom. The molecule has 1 rings (SSSR count). The van der Waals surface area contributed by atoms with Gasteiger partial charge in [-0.3, -0.25) is 9.59 Å². The summed E-state index contributed by atoms with van der Waals surface area (Å²) in [6.07, 6.45) is 1.94. The second-order valence-electron chi connectivity index (χ2n) is 4.41. The summed E-state index contributed by atoms with van der Waals surface area (Å²) >= 11 is 0. The Morgan fingerprint density at radius 1 is 1.39 bits per heavy atom. The predicted octanol–water partition coefficient (Wildman–Crippen LogP) is -0.242. The smallest absolute Gasteiger partial charge is 0.314 e. The summed E-state index contributed by atoms with van der Waals surface area (Å²) in [7, 11) is 0. The van der Waals surface area contributed by atoms with E-state index in [0.717, 1.165) is 12.8 Å². The molecule has 7 nitrogen and oxygen atoms in total. The number of carboxylic acid groups (broad SMARTS) is 1. The van der Waals surface area contributed by atoms with Crippen LogP contribution >= 0.6 is 0 Å². The Morgan fingerprint density at radius 2 is 2.11 bits per heavy atom. The average Bonchev–Trinajstić information content (AvgIpc) is 2.34. The minimum atomic E-state index is -0.873. The van der Waals surface area contributed by atoms with E-state index in [2.05, 4.69) is 5.32 Å². The Labute approximate surface area is 105 Å². The summed E-state index contributed by atoms with van der Waals surface area (Å²) in [5, 5.41) is 11.1. The molecular weight excluding hydrogens is 238 g/mol. The highest BCUT2D eigenvalue weighted by Gasteiger charge is 2.26. The molecule has 0 aromatic heterocycles. The monoisotopic (exact) mass is 257 g/mol. The van der Waals surface area contributed by atoms with Gasteiger partial charge in [-0.2, -0.15) is 0 Å². The van der Waals surface area contributed by atoms with E-state index in [-0.39, 0.29) is 18.2 Å². The van der Waals surface area contributed by atoms with Crippen LogP contribution in [0.1, 0.15) is 25.7 Å². The molecule has 4 N–H and O–H groups in total. The van der Waals surface area contributed by atoms with E-state index in [1.54, 1.807) is 0 Å². The van der Waals surface area contributed by atoms with Crippen molar-refractivity contribution >= 4 is 17.9 Å². The molecule has 1 heterocycles. The van der Waals surface area contributed by atoms with Gasteiger partial charge in [-0.25, -0.2) is 4.79 Å². The van der Waals surface area contributed by atoms with Gasteiger partial charge in [0.25, 0.3) is 0 Å². The number of hydrogen-bond donors (Lipinski definition) is 3. The molecule has 0 bridgehead atoms. The van der Waals surface area contributed by atoms with Crippen molar-refractivity contribution in [1.82, 2.24) is 10.2 Å². The number of carboxylic acids is 1. The molecule has 18 heavy (non-hydrogen) atoms. The van der Waals surface area contributed by atoms with Crippen LogP contribution in [0.15, 0.2) is 0 Å². The standard InChI is InChI=1S/C11H19N3O4/c12-11(18)14-6-2-3-8(7-14)10(17)13-5-1-4-9(15)16/h8H,1-7H2,(H2,12,18)(H,13,17)(H,15,16). The quantitative estimate of drug-likeness (QED) is 0.590. The number of piperidine rings is 1. The summed E-state index contributed by atoms with van der Waals surface area (Å²) in [6.45, 7) is 1.29. The number of nitrogens with two attached hydrogens (primary N) is 1. The van der Waals surface area contributed by atoms with Crippen LogP contribution in [0.2, 0.25) is 0 Å². The van der Waals surface area contributed by atoms with Gasteiger partial charge in [0.1, 0.15) is 0 Å². The summed E-state index contributed by atoms with van der Waals surface area (Å²) in [5.74, 6) is -1.25. The van der Waals surface area contributed by atoms with Crippen LogP contribution < -0.4 is 11.1 Å². The minimum absolute atomic E-state index is 0.0400. The van der Waals surface area contributed by atoms with Crippen molar-refractivity contribution in [2.45, 2.75) is 25.7 Å². The maximum atomic E-state index is 11.8. The molecule has 3 amide bonds. The number of amides is 3. The summed E-state index contributed by atoms with van der Waals surface area (Å²) in [5.41, 5.74) is 5.17. The first kappa shape index (κ1) is 14.3. The molecular formula is C11H19N3O4. The van der Waals surface area contributed by atoms with Crippen LogP contribution in [0.4, 0.5) is 4.79 Å². The zero-order valence-electron chi connectivity index (χ0n) is 10.2. The van der Waals surface area contributed by atoms with E-state index >= 15 is 0 Å². The normalized spacial score (nSPS) is 19.3. The van der Waals surface area contributed by atoms with Crippen molar-refractivity contribution in [3.63, 3.8) is 0 Å². The zero-order chi connectivity index (χ0) is 13.5. The van der Waals surface area contributed by atoms with Crippen molar-refractivity contribution in [2.75, 3.05) is 19.6 Å². The van der Waals surface area contributed by atoms with E-state index in [9.17, 15) is 14.4 Å². The van der Waals surface area contributed by atoms with E-state index in [1.807, 2.05) is 0 Å². The van der Waals surface area contributed by atoms with Gasteiger partial charge in [0, 0.05) is 26.1 Å². The van der Waals surface area contributed by atoms with E-state index in [1.165, 1.54) is 4.90 Å². The highest BCUT2D eigenvalue weighted by Crippen LogP contribution is 2.16. The van der Waals surface area contributed by atoms with Crippen molar-refractivity contribution in [3.8, 4) is 0 Å². The lowest BCUT2D eigenvalue weighted by molar-refractivity contribution is -0.137. The number of likely N-dealkylation sites (tertiary alicyclic amines) is 1. The van der Waals surface area contributed by atoms with Gasteiger partial charge in [0.05, 0.1) is 5.92 Å². The maximum absolute atomic E-state index is 11.8. The van der Waals surface area contributed by atoms with Gasteiger partial charge in [-0.05, 0) is 19.3 Å². The fourth-order valence-electron chi connectivity index (χ4n) is 1.99. The number of hydrogen-bond acceptors (Lipinski definition) is 3. The Balaban J connectivity index is 2.28. The largest absolute Gasteiger partial charge is 0.481 e. The highest BCUT2D eigenvalue weighted by atomic mass is 16.4. The van der Waals surface area contributed by atoms with Crippen molar-refractivity contribution in [3.05, 3.63) is 0 Å². The minimum Gasteiger partial charge on any atom is -0.481 e. The third-order valence-electron chi connectivity index (χ3n) is 2.97. The summed E-state index contributed by atoms with van der Waals surface area (Å²) in [4.78, 5) is 34.5. The molecule has 0 aliphatic carbocycles. The SMILES string of the molecule is NC(=O)N1CCCC(C(=O)NCCCC(=O)O)C1. The molecule has 1 saturated heterocycles. The Hall–Kier alpha value is -1.79. The van der Waals surface area contributed by atoms with E-state index < -0.39 is 12.0 Å². The van der Waals surface area contributed by atoms with Gasteiger partial charge in [0.2, 0.25) is 5.91 Å². The molecule has 102 valence electrons. The van der Waals surface area contributed by atoms with Crippen molar-refractivity contribution in [2.24, 2.45) is 11.7 Å². The van der Waals surface area contributed by atoms with Crippen LogP contribution in [0.5, 0.6) is 0 Å². The molecule has 0 radical (unpaired) electrons. The molecule has 0 aromatic rings. The molecule has 1 unspecified atom stereocenters. The highest BCUT2D eigenvalue weighted by molar-refractivity contribution is 5.80. The number of aliphatic carboxylic acids is 1. The molecule has 1 aliphatic heterocycles. The molecule has 0 spiro atoms. The number of nitrogens with zero attached hydrogens (tertiary/aromatic N) is 1. The molecule has 0 saturated carbocycles. The first-order valence-corrected chi connectivity index (χ1v) is 6.04. The fourth-order valence-corrected chi connectivity index (χ4v) is 1.99. The van der Waals surface area contributed by atoms with Gasteiger partial charge < -0.3 is 21.1 Å². The molecule has 7 heteroatoms. The van der Waals surface area contributed by atoms with Gasteiger partial charge in [0.15, 0.2) is 0 Å². The average molecular weight is 257 g/mol. The number of nitrogens with one attached hydrogen (secondary N) is 1. The maximum Gasteiger partial charge on any atom is 0.314 e. The lowest BCUT2D eigenvalue weighted by atomic mass is 9.97. The number of carbonyl (C=O) groups excluding carboxylic acids is 2. The fraction of sp³-hybridized carbons (Fsp3) is 0.727.